The van der Waals surface area contributed by atoms with Gasteiger partial charge >= 0.3 is 0 Å². The van der Waals surface area contributed by atoms with E-state index in [0.717, 1.165) is 39.1 Å². The van der Waals surface area contributed by atoms with E-state index in [9.17, 15) is 0 Å². The zero-order valence-corrected chi connectivity index (χ0v) is 23.8. The quantitative estimate of drug-likeness (QED) is 0.200. The summed E-state index contributed by atoms with van der Waals surface area (Å²) in [7, 11) is 0. The van der Waals surface area contributed by atoms with Crippen molar-refractivity contribution < 1.29 is 4.42 Å². The Hall–Kier alpha value is -5.93. The Labute approximate surface area is 254 Å². The lowest BCUT2D eigenvalue weighted by Crippen LogP contribution is -2.11. The van der Waals surface area contributed by atoms with Crippen LogP contribution in [0.1, 0.15) is 0 Å². The fourth-order valence-corrected chi connectivity index (χ4v) is 6.53. The molecule has 0 spiro atoms. The van der Waals surface area contributed by atoms with E-state index in [0.29, 0.717) is 0 Å². The summed E-state index contributed by atoms with van der Waals surface area (Å²) in [6.07, 6.45) is 1.92. The first kappa shape index (κ1) is 24.6. The number of para-hydroxylation sites is 2. The van der Waals surface area contributed by atoms with E-state index >= 15 is 0 Å². The van der Waals surface area contributed by atoms with Crippen LogP contribution < -0.4 is 4.90 Å². The summed E-state index contributed by atoms with van der Waals surface area (Å²) >= 11 is 0. The molecular formula is C41H26N2O. The minimum absolute atomic E-state index is 0.806. The molecule has 0 radical (unpaired) electrons. The number of anilines is 3. The molecule has 9 aromatic rings. The van der Waals surface area contributed by atoms with E-state index in [1.807, 2.05) is 36.5 Å². The maximum absolute atomic E-state index is 6.21. The molecule has 206 valence electrons. The van der Waals surface area contributed by atoms with Gasteiger partial charge in [-0.3, -0.25) is 4.90 Å². The van der Waals surface area contributed by atoms with Crippen LogP contribution in [0, 0.1) is 0 Å². The molecule has 2 aromatic heterocycles. The molecule has 0 bridgehead atoms. The molecule has 0 saturated carbocycles. The molecule has 0 aliphatic heterocycles. The van der Waals surface area contributed by atoms with E-state index in [4.69, 9.17) is 9.40 Å². The SMILES string of the molecule is c1ccc(N(c2ccc(-c3ccc4c(ccc5c6ccccc6ccc45)c3)cc2)c2cc3oc4ccccc4c3cn2)cc1. The summed E-state index contributed by atoms with van der Waals surface area (Å²) in [4.78, 5) is 7.08. The van der Waals surface area contributed by atoms with Crippen LogP contribution in [-0.4, -0.2) is 4.98 Å². The summed E-state index contributed by atoms with van der Waals surface area (Å²) in [6.45, 7) is 0. The lowest BCUT2D eigenvalue weighted by Gasteiger charge is -2.24. The second-order valence-electron chi connectivity index (χ2n) is 11.2. The molecule has 0 aliphatic rings. The average Bonchev–Trinajstić information content (AvgIpc) is 3.46. The van der Waals surface area contributed by atoms with E-state index < -0.39 is 0 Å². The van der Waals surface area contributed by atoms with Crippen molar-refractivity contribution in [1.82, 2.24) is 4.98 Å². The molecule has 0 fully saturated rings. The molecule has 3 nitrogen and oxygen atoms in total. The summed E-state index contributed by atoms with van der Waals surface area (Å²) in [5.74, 6) is 0.806. The summed E-state index contributed by atoms with van der Waals surface area (Å²) < 4.78 is 6.21. The van der Waals surface area contributed by atoms with Crippen molar-refractivity contribution in [2.45, 2.75) is 0 Å². The number of hydrogen-bond donors (Lipinski definition) is 0. The molecular weight excluding hydrogens is 536 g/mol. The van der Waals surface area contributed by atoms with Crippen LogP contribution in [0.25, 0.3) is 65.4 Å². The van der Waals surface area contributed by atoms with Gasteiger partial charge in [0.05, 0.1) is 0 Å². The van der Waals surface area contributed by atoms with Crippen LogP contribution >= 0.6 is 0 Å². The minimum Gasteiger partial charge on any atom is -0.456 e. The molecule has 7 aromatic carbocycles. The maximum atomic E-state index is 6.21. The second kappa shape index (κ2) is 9.82. The van der Waals surface area contributed by atoms with Gasteiger partial charge in [0.1, 0.15) is 17.0 Å². The number of furan rings is 1. The third kappa shape index (κ3) is 3.94. The van der Waals surface area contributed by atoms with E-state index in [-0.39, 0.29) is 0 Å². The molecule has 0 atom stereocenters. The highest BCUT2D eigenvalue weighted by molar-refractivity contribution is 6.17. The van der Waals surface area contributed by atoms with Crippen LogP contribution in [0.5, 0.6) is 0 Å². The molecule has 0 N–H and O–H groups in total. The Morgan fingerprint density at radius 3 is 1.89 bits per heavy atom. The van der Waals surface area contributed by atoms with Crippen molar-refractivity contribution in [2.24, 2.45) is 0 Å². The van der Waals surface area contributed by atoms with E-state index in [1.54, 1.807) is 0 Å². The number of pyridine rings is 1. The van der Waals surface area contributed by atoms with Gasteiger partial charge in [-0.2, -0.15) is 0 Å². The highest BCUT2D eigenvalue weighted by atomic mass is 16.3. The number of hydrogen-bond acceptors (Lipinski definition) is 3. The molecule has 0 amide bonds. The standard InChI is InChI=1S/C41H26N2O/c1-2-9-31(10-3-1)43(41-25-40-38(26-42-41)37-12-6-7-13-39(37)44-40)32-19-14-27(15-20-32)29-17-21-34-30(24-29)18-23-35-33-11-5-4-8-28(33)16-22-36(34)35/h1-26H. The molecule has 2 heterocycles. The van der Waals surface area contributed by atoms with Crippen LogP contribution in [0.4, 0.5) is 17.2 Å². The third-order valence-electron chi connectivity index (χ3n) is 8.69. The average molecular weight is 563 g/mol. The normalized spacial score (nSPS) is 11.6. The van der Waals surface area contributed by atoms with Crippen LogP contribution in [0.15, 0.2) is 162 Å². The van der Waals surface area contributed by atoms with Gasteiger partial charge in [-0.05, 0) is 79.8 Å². The first-order valence-electron chi connectivity index (χ1n) is 14.9. The van der Waals surface area contributed by atoms with Gasteiger partial charge in [-0.25, -0.2) is 4.98 Å². The van der Waals surface area contributed by atoms with Gasteiger partial charge in [-0.1, -0.05) is 109 Å². The predicted molar refractivity (Wildman–Crippen MR) is 184 cm³/mol. The van der Waals surface area contributed by atoms with Crippen molar-refractivity contribution in [3.63, 3.8) is 0 Å². The minimum atomic E-state index is 0.806. The zero-order valence-electron chi connectivity index (χ0n) is 23.8. The molecule has 9 rings (SSSR count). The Bertz CT molecular complexity index is 2490. The van der Waals surface area contributed by atoms with E-state index in [1.165, 1.54) is 43.4 Å². The predicted octanol–water partition coefficient (Wildman–Crippen LogP) is 11.6. The van der Waals surface area contributed by atoms with Crippen molar-refractivity contribution in [1.29, 1.82) is 0 Å². The van der Waals surface area contributed by atoms with Gasteiger partial charge in [0.15, 0.2) is 0 Å². The van der Waals surface area contributed by atoms with Crippen molar-refractivity contribution in [3.8, 4) is 11.1 Å². The largest absolute Gasteiger partial charge is 0.456 e. The van der Waals surface area contributed by atoms with Crippen molar-refractivity contribution >= 4 is 71.4 Å². The van der Waals surface area contributed by atoms with Gasteiger partial charge in [0.25, 0.3) is 0 Å². The van der Waals surface area contributed by atoms with Crippen LogP contribution in [0.3, 0.4) is 0 Å². The van der Waals surface area contributed by atoms with Crippen LogP contribution in [0.2, 0.25) is 0 Å². The van der Waals surface area contributed by atoms with Gasteiger partial charge in [0, 0.05) is 34.4 Å². The number of aromatic nitrogens is 1. The first-order valence-corrected chi connectivity index (χ1v) is 14.9. The molecule has 3 heteroatoms. The number of nitrogens with zero attached hydrogens (tertiary/aromatic N) is 2. The van der Waals surface area contributed by atoms with Gasteiger partial charge in [-0.15, -0.1) is 0 Å². The smallest absolute Gasteiger partial charge is 0.141 e. The Kier molecular flexibility index (Phi) is 5.50. The fraction of sp³-hybridized carbons (Fsp3) is 0. The fourth-order valence-electron chi connectivity index (χ4n) is 6.53. The Morgan fingerprint density at radius 1 is 0.409 bits per heavy atom. The number of fused-ring (bicyclic) bond motifs is 8. The summed E-state index contributed by atoms with van der Waals surface area (Å²) in [5.41, 5.74) is 6.12. The Morgan fingerprint density at radius 2 is 1.05 bits per heavy atom. The molecule has 0 unspecified atom stereocenters. The molecule has 0 saturated heterocycles. The van der Waals surface area contributed by atoms with Gasteiger partial charge in [0.2, 0.25) is 0 Å². The maximum Gasteiger partial charge on any atom is 0.141 e. The highest BCUT2D eigenvalue weighted by Gasteiger charge is 2.17. The molecule has 44 heavy (non-hydrogen) atoms. The van der Waals surface area contributed by atoms with Crippen molar-refractivity contribution in [2.75, 3.05) is 4.90 Å². The third-order valence-corrected chi connectivity index (χ3v) is 8.69. The topological polar surface area (TPSA) is 29.3 Å². The Balaban J connectivity index is 1.11. The lowest BCUT2D eigenvalue weighted by molar-refractivity contribution is 0.668. The van der Waals surface area contributed by atoms with Crippen LogP contribution in [-0.2, 0) is 0 Å². The van der Waals surface area contributed by atoms with E-state index in [2.05, 4.69) is 126 Å². The monoisotopic (exact) mass is 562 g/mol. The lowest BCUT2D eigenvalue weighted by atomic mass is 9.95. The number of rotatable bonds is 4. The van der Waals surface area contributed by atoms with Crippen molar-refractivity contribution in [3.05, 3.63) is 158 Å². The zero-order chi connectivity index (χ0) is 29.0. The summed E-state index contributed by atoms with van der Waals surface area (Å²) in [5, 5.41) is 9.76. The second-order valence-corrected chi connectivity index (χ2v) is 11.2. The summed E-state index contributed by atoms with van der Waals surface area (Å²) in [6, 6.07) is 53.6. The first-order chi connectivity index (χ1) is 21.8. The molecule has 0 aliphatic carbocycles. The highest BCUT2D eigenvalue weighted by Crippen LogP contribution is 2.38. The number of benzene rings is 7. The van der Waals surface area contributed by atoms with Gasteiger partial charge < -0.3 is 4.42 Å².